The van der Waals surface area contributed by atoms with Crippen LogP contribution in [0, 0.1) is 0 Å². The smallest absolute Gasteiger partial charge is 0.326 e. The molecular weight excluding hydrogens is 487 g/mol. The molecule has 1 saturated heterocycles. The topological polar surface area (TPSA) is 123 Å². The van der Waals surface area contributed by atoms with Crippen LogP contribution in [0.4, 0.5) is 0 Å². The minimum absolute atomic E-state index is 0.0110. The summed E-state index contributed by atoms with van der Waals surface area (Å²) in [6, 6.07) is 10.7. The number of rotatable bonds is 10. The molecule has 11 heteroatoms. The van der Waals surface area contributed by atoms with E-state index in [0.717, 1.165) is 0 Å². The molecule has 2 aromatic rings. The summed E-state index contributed by atoms with van der Waals surface area (Å²) in [6.45, 7) is 2.02. The quantitative estimate of drug-likeness (QED) is 0.448. The minimum atomic E-state index is -1.24. The SMILES string of the molecule is CCNC(=O)[C@@H]1OCO[C@H]1C(=O)N[C@@H](Cc1ccc(OCc2c(Cl)cccc2Cl)cc1)C(=O)O. The van der Waals surface area contributed by atoms with E-state index in [4.69, 9.17) is 37.4 Å². The number of nitrogens with one attached hydrogen (secondary N) is 2. The molecule has 3 N–H and O–H groups in total. The van der Waals surface area contributed by atoms with Crippen LogP contribution in [0.1, 0.15) is 18.1 Å². The highest BCUT2D eigenvalue weighted by Gasteiger charge is 2.41. The zero-order chi connectivity index (χ0) is 24.7. The Hall–Kier alpha value is -2.85. The van der Waals surface area contributed by atoms with Crippen molar-refractivity contribution in [3.63, 3.8) is 0 Å². The number of carboxylic acid groups (broad SMARTS) is 1. The summed E-state index contributed by atoms with van der Waals surface area (Å²) in [4.78, 5) is 36.4. The molecule has 1 aliphatic heterocycles. The van der Waals surface area contributed by atoms with Crippen molar-refractivity contribution in [1.29, 1.82) is 0 Å². The monoisotopic (exact) mass is 510 g/mol. The number of carbonyl (C=O) groups is 3. The lowest BCUT2D eigenvalue weighted by atomic mass is 10.0. The summed E-state index contributed by atoms with van der Waals surface area (Å²) < 4.78 is 16.1. The summed E-state index contributed by atoms with van der Waals surface area (Å²) >= 11 is 12.3. The summed E-state index contributed by atoms with van der Waals surface area (Å²) in [5.41, 5.74) is 1.31. The van der Waals surface area contributed by atoms with Crippen LogP contribution in [-0.4, -0.2) is 54.5 Å². The molecule has 0 spiro atoms. The van der Waals surface area contributed by atoms with Gasteiger partial charge in [-0.1, -0.05) is 41.4 Å². The van der Waals surface area contributed by atoms with Gasteiger partial charge >= 0.3 is 5.97 Å². The standard InChI is InChI=1S/C23H24Cl2N2O7/c1-2-26-21(28)19-20(34-12-33-19)22(29)27-18(23(30)31)10-13-6-8-14(9-7-13)32-11-15-16(24)4-3-5-17(15)25/h3-9,18-20H,2,10-12H2,1H3,(H,26,28)(H,27,29)(H,30,31)/t18-,19+,20+/m0/s1. The Bertz CT molecular complexity index is 1010. The van der Waals surface area contributed by atoms with Crippen molar-refractivity contribution in [2.45, 2.75) is 38.2 Å². The summed E-state index contributed by atoms with van der Waals surface area (Å²) in [5.74, 6) is -1.93. The molecule has 3 rings (SSSR count). The van der Waals surface area contributed by atoms with Crippen molar-refractivity contribution in [1.82, 2.24) is 10.6 Å². The summed E-state index contributed by atoms with van der Waals surface area (Å²) in [5, 5.41) is 15.6. The second kappa shape index (κ2) is 12.0. The third-order valence-corrected chi connectivity index (χ3v) is 5.77. The molecule has 1 heterocycles. The Labute approximate surface area is 206 Å². The van der Waals surface area contributed by atoms with Crippen molar-refractivity contribution >= 4 is 41.0 Å². The average molecular weight is 511 g/mol. The van der Waals surface area contributed by atoms with Crippen LogP contribution in [0.5, 0.6) is 5.75 Å². The van der Waals surface area contributed by atoms with Crippen LogP contribution in [0.25, 0.3) is 0 Å². The predicted octanol–water partition coefficient (Wildman–Crippen LogP) is 2.56. The van der Waals surface area contributed by atoms with E-state index in [1.165, 1.54) is 0 Å². The van der Waals surface area contributed by atoms with E-state index < -0.39 is 36.0 Å². The van der Waals surface area contributed by atoms with Crippen LogP contribution in [0.3, 0.4) is 0 Å². The molecule has 0 bridgehead atoms. The molecule has 182 valence electrons. The molecular formula is C23H24Cl2N2O7. The fourth-order valence-corrected chi connectivity index (χ4v) is 3.81. The first-order valence-corrected chi connectivity index (χ1v) is 11.2. The number of benzene rings is 2. The molecule has 3 atom stereocenters. The van der Waals surface area contributed by atoms with Crippen LogP contribution < -0.4 is 15.4 Å². The maximum Gasteiger partial charge on any atom is 0.326 e. The van der Waals surface area contributed by atoms with Crippen molar-refractivity contribution in [3.8, 4) is 5.75 Å². The lowest BCUT2D eigenvalue weighted by molar-refractivity contribution is -0.144. The van der Waals surface area contributed by atoms with Gasteiger partial charge in [-0.2, -0.15) is 0 Å². The van der Waals surface area contributed by atoms with E-state index in [1.54, 1.807) is 49.4 Å². The lowest BCUT2D eigenvalue weighted by Crippen LogP contribution is -2.52. The fourth-order valence-electron chi connectivity index (χ4n) is 3.30. The van der Waals surface area contributed by atoms with E-state index in [9.17, 15) is 19.5 Å². The molecule has 1 fully saturated rings. The molecule has 9 nitrogen and oxygen atoms in total. The second-order valence-electron chi connectivity index (χ2n) is 7.42. The zero-order valence-electron chi connectivity index (χ0n) is 18.3. The Morgan fingerprint density at radius 2 is 1.68 bits per heavy atom. The summed E-state index contributed by atoms with van der Waals surface area (Å²) in [6.07, 6.45) is -2.37. The Morgan fingerprint density at radius 3 is 2.26 bits per heavy atom. The van der Waals surface area contributed by atoms with Gasteiger partial charge in [0.2, 0.25) is 0 Å². The average Bonchev–Trinajstić information content (AvgIpc) is 3.30. The van der Waals surface area contributed by atoms with E-state index in [-0.39, 0.29) is 19.8 Å². The summed E-state index contributed by atoms with van der Waals surface area (Å²) in [7, 11) is 0. The molecule has 0 saturated carbocycles. The van der Waals surface area contributed by atoms with Gasteiger partial charge < -0.3 is 30.0 Å². The maximum absolute atomic E-state index is 12.6. The van der Waals surface area contributed by atoms with Gasteiger partial charge in [-0.3, -0.25) is 9.59 Å². The van der Waals surface area contributed by atoms with Crippen molar-refractivity contribution in [2.24, 2.45) is 0 Å². The zero-order valence-corrected chi connectivity index (χ0v) is 19.8. The van der Waals surface area contributed by atoms with Gasteiger partial charge in [-0.15, -0.1) is 0 Å². The van der Waals surface area contributed by atoms with Crippen molar-refractivity contribution in [3.05, 3.63) is 63.6 Å². The van der Waals surface area contributed by atoms with Gasteiger partial charge in [0, 0.05) is 28.6 Å². The van der Waals surface area contributed by atoms with Gasteiger partial charge in [-0.05, 0) is 36.8 Å². The van der Waals surface area contributed by atoms with E-state index in [2.05, 4.69) is 10.6 Å². The number of ether oxygens (including phenoxy) is 3. The number of hydrogen-bond donors (Lipinski definition) is 3. The number of carboxylic acids is 1. The molecule has 0 aromatic heterocycles. The third-order valence-electron chi connectivity index (χ3n) is 5.06. The molecule has 34 heavy (non-hydrogen) atoms. The molecule has 0 unspecified atom stereocenters. The molecule has 0 aliphatic carbocycles. The lowest BCUT2D eigenvalue weighted by Gasteiger charge is -2.20. The van der Waals surface area contributed by atoms with E-state index in [1.807, 2.05) is 0 Å². The first kappa shape index (κ1) is 25.8. The number of halogens is 2. The van der Waals surface area contributed by atoms with Gasteiger partial charge in [0.1, 0.15) is 25.2 Å². The normalized spacial score (nSPS) is 18.2. The number of hydrogen-bond acceptors (Lipinski definition) is 6. The van der Waals surface area contributed by atoms with Gasteiger partial charge in [-0.25, -0.2) is 4.79 Å². The Balaban J connectivity index is 1.59. The number of carbonyl (C=O) groups excluding carboxylic acids is 2. The highest BCUT2D eigenvalue weighted by atomic mass is 35.5. The van der Waals surface area contributed by atoms with Crippen LogP contribution >= 0.6 is 23.2 Å². The number of aliphatic carboxylic acids is 1. The van der Waals surface area contributed by atoms with Crippen LogP contribution in [-0.2, 0) is 36.9 Å². The Morgan fingerprint density at radius 1 is 1.06 bits per heavy atom. The molecule has 1 aliphatic rings. The van der Waals surface area contributed by atoms with Gasteiger partial charge in [0.25, 0.3) is 11.8 Å². The molecule has 2 amide bonds. The molecule has 0 radical (unpaired) electrons. The highest BCUT2D eigenvalue weighted by Crippen LogP contribution is 2.26. The van der Waals surface area contributed by atoms with Gasteiger partial charge in [0.15, 0.2) is 12.2 Å². The third kappa shape index (κ3) is 6.60. The van der Waals surface area contributed by atoms with E-state index >= 15 is 0 Å². The molecule has 2 aromatic carbocycles. The highest BCUT2D eigenvalue weighted by molar-refractivity contribution is 6.35. The first-order valence-electron chi connectivity index (χ1n) is 10.5. The first-order chi connectivity index (χ1) is 16.3. The van der Waals surface area contributed by atoms with Crippen molar-refractivity contribution in [2.75, 3.05) is 13.3 Å². The van der Waals surface area contributed by atoms with Gasteiger partial charge in [0.05, 0.1) is 0 Å². The maximum atomic E-state index is 12.6. The number of likely N-dealkylation sites (N-methyl/N-ethyl adjacent to an activating group) is 1. The van der Waals surface area contributed by atoms with Crippen LogP contribution in [0.2, 0.25) is 10.0 Å². The predicted molar refractivity (Wildman–Crippen MR) is 124 cm³/mol. The number of amides is 2. The Kier molecular flexibility index (Phi) is 9.12. The van der Waals surface area contributed by atoms with Crippen molar-refractivity contribution < 1.29 is 33.7 Å². The largest absolute Gasteiger partial charge is 0.489 e. The fraction of sp³-hybridized carbons (Fsp3) is 0.348. The second-order valence-corrected chi connectivity index (χ2v) is 8.24. The van der Waals surface area contributed by atoms with Crippen LogP contribution in [0.15, 0.2) is 42.5 Å². The minimum Gasteiger partial charge on any atom is -0.489 e. The van der Waals surface area contributed by atoms with E-state index in [0.29, 0.717) is 33.5 Å².